The lowest BCUT2D eigenvalue weighted by molar-refractivity contribution is -0.133. The highest BCUT2D eigenvalue weighted by Crippen LogP contribution is 2.00. The zero-order chi connectivity index (χ0) is 13.3. The lowest BCUT2D eigenvalue weighted by atomic mass is 10.2. The number of amides is 2. The molecule has 4 nitrogen and oxygen atoms in total. The Balaban J connectivity index is 4.11. The van der Waals surface area contributed by atoms with Gasteiger partial charge < -0.3 is 9.80 Å². The van der Waals surface area contributed by atoms with Crippen molar-refractivity contribution in [3.05, 3.63) is 0 Å². The number of hydrogen-bond donors (Lipinski definition) is 0. The summed E-state index contributed by atoms with van der Waals surface area (Å²) in [6, 6.07) is 0. The van der Waals surface area contributed by atoms with Crippen LogP contribution < -0.4 is 0 Å². The minimum Gasteiger partial charge on any atom is -0.343 e. The first-order valence-electron chi connectivity index (χ1n) is 6.60. The van der Waals surface area contributed by atoms with Crippen LogP contribution in [-0.2, 0) is 9.59 Å². The highest BCUT2D eigenvalue weighted by atomic mass is 16.2. The second-order valence-corrected chi connectivity index (χ2v) is 4.18. The first-order chi connectivity index (χ1) is 8.06. The smallest absolute Gasteiger partial charge is 0.224 e. The summed E-state index contributed by atoms with van der Waals surface area (Å²) in [7, 11) is 0. The zero-order valence-corrected chi connectivity index (χ0v) is 11.7. The van der Waals surface area contributed by atoms with Gasteiger partial charge in [-0.3, -0.25) is 9.59 Å². The van der Waals surface area contributed by atoms with E-state index in [1.165, 1.54) is 0 Å². The van der Waals surface area contributed by atoms with Crippen LogP contribution in [0.2, 0.25) is 0 Å². The van der Waals surface area contributed by atoms with Gasteiger partial charge in [0.1, 0.15) is 0 Å². The molecule has 100 valence electrons. The summed E-state index contributed by atoms with van der Waals surface area (Å²) < 4.78 is 0. The fraction of sp³-hybridized carbons (Fsp3) is 0.846. The summed E-state index contributed by atoms with van der Waals surface area (Å²) in [5.74, 6) is 0.198. The van der Waals surface area contributed by atoms with Crippen molar-refractivity contribution in [2.45, 2.75) is 47.0 Å². The Kier molecular flexibility index (Phi) is 8.46. The number of carbonyl (C=O) groups excluding carboxylic acids is 2. The van der Waals surface area contributed by atoms with E-state index < -0.39 is 0 Å². The molecular weight excluding hydrogens is 216 g/mol. The summed E-state index contributed by atoms with van der Waals surface area (Å²) >= 11 is 0. The Labute approximate surface area is 105 Å². The molecular formula is C13H26N2O2. The highest BCUT2D eigenvalue weighted by molar-refractivity contribution is 5.78. The van der Waals surface area contributed by atoms with Gasteiger partial charge in [-0.15, -0.1) is 0 Å². The summed E-state index contributed by atoms with van der Waals surface area (Å²) in [5, 5.41) is 0. The van der Waals surface area contributed by atoms with Gasteiger partial charge >= 0.3 is 0 Å². The SMILES string of the molecule is CCCCN(CCC(=O)N(CC)CC)C(C)=O. The first kappa shape index (κ1) is 15.9. The molecule has 0 unspecified atom stereocenters. The third-order valence-electron chi connectivity index (χ3n) is 2.94. The van der Waals surface area contributed by atoms with Gasteiger partial charge in [0, 0.05) is 39.5 Å². The summed E-state index contributed by atoms with van der Waals surface area (Å²) in [6.45, 7) is 10.4. The molecule has 0 aliphatic carbocycles. The molecule has 0 spiro atoms. The van der Waals surface area contributed by atoms with E-state index in [0.717, 1.165) is 32.5 Å². The highest BCUT2D eigenvalue weighted by Gasteiger charge is 2.13. The molecule has 0 aromatic carbocycles. The molecule has 0 aromatic rings. The van der Waals surface area contributed by atoms with Crippen molar-refractivity contribution >= 4 is 11.8 Å². The molecule has 0 heterocycles. The lowest BCUT2D eigenvalue weighted by Gasteiger charge is -2.23. The van der Waals surface area contributed by atoms with Crippen LogP contribution in [0.15, 0.2) is 0 Å². The predicted molar refractivity (Wildman–Crippen MR) is 69.7 cm³/mol. The van der Waals surface area contributed by atoms with Crippen molar-refractivity contribution in [2.24, 2.45) is 0 Å². The van der Waals surface area contributed by atoms with Crippen LogP contribution in [0.4, 0.5) is 0 Å². The molecule has 0 radical (unpaired) electrons. The Morgan fingerprint density at radius 3 is 1.94 bits per heavy atom. The van der Waals surface area contributed by atoms with Crippen molar-refractivity contribution in [3.8, 4) is 0 Å². The molecule has 0 aromatic heterocycles. The van der Waals surface area contributed by atoms with Crippen LogP contribution in [0.1, 0.15) is 47.0 Å². The largest absolute Gasteiger partial charge is 0.343 e. The summed E-state index contributed by atoms with van der Waals surface area (Å²) in [4.78, 5) is 26.7. The van der Waals surface area contributed by atoms with Crippen molar-refractivity contribution in [2.75, 3.05) is 26.2 Å². The maximum atomic E-state index is 11.8. The average Bonchev–Trinajstić information content (AvgIpc) is 2.30. The molecule has 0 saturated carbocycles. The van der Waals surface area contributed by atoms with E-state index in [1.807, 2.05) is 13.8 Å². The Bertz CT molecular complexity index is 238. The third-order valence-corrected chi connectivity index (χ3v) is 2.94. The van der Waals surface area contributed by atoms with Crippen LogP contribution in [-0.4, -0.2) is 47.8 Å². The van der Waals surface area contributed by atoms with Gasteiger partial charge in [-0.1, -0.05) is 13.3 Å². The second-order valence-electron chi connectivity index (χ2n) is 4.18. The molecule has 17 heavy (non-hydrogen) atoms. The zero-order valence-electron chi connectivity index (χ0n) is 11.7. The van der Waals surface area contributed by atoms with E-state index >= 15 is 0 Å². The molecule has 4 heteroatoms. The van der Waals surface area contributed by atoms with Gasteiger partial charge in [0.2, 0.25) is 11.8 Å². The van der Waals surface area contributed by atoms with Gasteiger partial charge in [0.15, 0.2) is 0 Å². The van der Waals surface area contributed by atoms with Crippen LogP contribution in [0.25, 0.3) is 0 Å². The van der Waals surface area contributed by atoms with E-state index in [-0.39, 0.29) is 11.8 Å². The molecule has 0 N–H and O–H groups in total. The molecule has 0 rings (SSSR count). The van der Waals surface area contributed by atoms with Crippen LogP contribution in [0.3, 0.4) is 0 Å². The second kappa shape index (κ2) is 9.02. The van der Waals surface area contributed by atoms with Crippen molar-refractivity contribution in [3.63, 3.8) is 0 Å². The molecule has 2 amide bonds. The predicted octanol–water partition coefficient (Wildman–Crippen LogP) is 1.89. The molecule has 0 atom stereocenters. The van der Waals surface area contributed by atoms with Crippen molar-refractivity contribution in [1.29, 1.82) is 0 Å². The van der Waals surface area contributed by atoms with Crippen LogP contribution in [0, 0.1) is 0 Å². The number of unbranched alkanes of at least 4 members (excludes halogenated alkanes) is 1. The topological polar surface area (TPSA) is 40.6 Å². The van der Waals surface area contributed by atoms with Gasteiger partial charge in [-0.25, -0.2) is 0 Å². The molecule has 0 bridgehead atoms. The van der Waals surface area contributed by atoms with E-state index in [1.54, 1.807) is 16.7 Å². The van der Waals surface area contributed by atoms with Gasteiger partial charge in [-0.2, -0.15) is 0 Å². The number of rotatable bonds is 8. The fourth-order valence-electron chi connectivity index (χ4n) is 1.74. The average molecular weight is 242 g/mol. The Morgan fingerprint density at radius 1 is 0.941 bits per heavy atom. The van der Waals surface area contributed by atoms with Crippen LogP contribution >= 0.6 is 0 Å². The Morgan fingerprint density at radius 2 is 1.53 bits per heavy atom. The van der Waals surface area contributed by atoms with Crippen LogP contribution in [0.5, 0.6) is 0 Å². The van der Waals surface area contributed by atoms with Crippen molar-refractivity contribution < 1.29 is 9.59 Å². The quantitative estimate of drug-likeness (QED) is 0.652. The maximum absolute atomic E-state index is 11.8. The van der Waals surface area contributed by atoms with Gasteiger partial charge in [-0.05, 0) is 20.3 Å². The molecule has 0 fully saturated rings. The van der Waals surface area contributed by atoms with Crippen molar-refractivity contribution in [1.82, 2.24) is 9.80 Å². The monoisotopic (exact) mass is 242 g/mol. The first-order valence-corrected chi connectivity index (χ1v) is 6.60. The maximum Gasteiger partial charge on any atom is 0.224 e. The third kappa shape index (κ3) is 6.29. The summed E-state index contributed by atoms with van der Waals surface area (Å²) in [6.07, 6.45) is 2.50. The Hall–Kier alpha value is -1.06. The summed E-state index contributed by atoms with van der Waals surface area (Å²) in [5.41, 5.74) is 0. The lowest BCUT2D eigenvalue weighted by Crippen LogP contribution is -2.36. The van der Waals surface area contributed by atoms with Gasteiger partial charge in [0.05, 0.1) is 0 Å². The minimum atomic E-state index is 0.0609. The van der Waals surface area contributed by atoms with E-state index in [2.05, 4.69) is 6.92 Å². The van der Waals surface area contributed by atoms with Gasteiger partial charge in [0.25, 0.3) is 0 Å². The molecule has 0 aliphatic rings. The number of nitrogens with zero attached hydrogens (tertiary/aromatic N) is 2. The number of hydrogen-bond acceptors (Lipinski definition) is 2. The number of carbonyl (C=O) groups is 2. The minimum absolute atomic E-state index is 0.0609. The standard InChI is InChI=1S/C13H26N2O2/c1-5-8-10-15(12(4)16)11-9-13(17)14(6-2)7-3/h5-11H2,1-4H3. The van der Waals surface area contributed by atoms with E-state index in [0.29, 0.717) is 13.0 Å². The van der Waals surface area contributed by atoms with E-state index in [9.17, 15) is 9.59 Å². The fourth-order valence-corrected chi connectivity index (χ4v) is 1.74. The molecule has 0 aliphatic heterocycles. The normalized spacial score (nSPS) is 10.1. The van der Waals surface area contributed by atoms with E-state index in [4.69, 9.17) is 0 Å². The molecule has 0 saturated heterocycles.